The average Bonchev–Trinajstić information content (AvgIpc) is 3.11. The van der Waals surface area contributed by atoms with Gasteiger partial charge in [0.25, 0.3) is 0 Å². The van der Waals surface area contributed by atoms with Gasteiger partial charge >= 0.3 is 0 Å². The summed E-state index contributed by atoms with van der Waals surface area (Å²) in [5.41, 5.74) is 4.59. The molecule has 3 heteroatoms. The van der Waals surface area contributed by atoms with Crippen molar-refractivity contribution in [3.63, 3.8) is 0 Å². The van der Waals surface area contributed by atoms with Crippen LogP contribution >= 0.6 is 27.3 Å². The van der Waals surface area contributed by atoms with Crippen LogP contribution in [0.25, 0.3) is 0 Å². The Kier molecular flexibility index (Phi) is 5.15. The number of fused-ring (bicyclic) bond motifs is 1. The van der Waals surface area contributed by atoms with Crippen molar-refractivity contribution < 1.29 is 0 Å². The maximum Gasteiger partial charge on any atom is 0.0701 e. The Morgan fingerprint density at radius 2 is 2.05 bits per heavy atom. The number of hydrogen-bond acceptors (Lipinski definition) is 2. The molecule has 1 N–H and O–H groups in total. The van der Waals surface area contributed by atoms with E-state index in [2.05, 4.69) is 58.5 Å². The maximum absolute atomic E-state index is 3.73. The predicted octanol–water partition coefficient (Wildman–Crippen LogP) is 5.28. The predicted molar refractivity (Wildman–Crippen MR) is 95.2 cm³/mol. The first-order valence-electron chi connectivity index (χ1n) is 7.85. The first-order valence-corrected chi connectivity index (χ1v) is 9.46. The third-order valence-electron chi connectivity index (χ3n) is 4.20. The van der Waals surface area contributed by atoms with Crippen LogP contribution in [0.1, 0.15) is 47.4 Å². The van der Waals surface area contributed by atoms with Crippen LogP contribution < -0.4 is 5.32 Å². The van der Waals surface area contributed by atoms with Crippen molar-refractivity contribution in [1.82, 2.24) is 5.32 Å². The molecule has 2 aromatic rings. The molecule has 0 bridgehead atoms. The lowest BCUT2D eigenvalue weighted by atomic mass is 9.98. The summed E-state index contributed by atoms with van der Waals surface area (Å²) in [5, 5.41) is 3.73. The summed E-state index contributed by atoms with van der Waals surface area (Å²) in [6, 6.07) is 11.9. The molecule has 1 atom stereocenters. The minimum absolute atomic E-state index is 0.432. The molecule has 1 unspecified atom stereocenters. The van der Waals surface area contributed by atoms with E-state index in [1.807, 2.05) is 11.3 Å². The molecule has 1 aromatic carbocycles. The first kappa shape index (κ1) is 15.3. The monoisotopic (exact) mass is 363 g/mol. The molecule has 1 nitrogen and oxygen atoms in total. The van der Waals surface area contributed by atoms with E-state index in [9.17, 15) is 0 Å². The molecule has 1 heterocycles. The standard InChI is InChI=1S/C18H22BrNS/c1-2-10-20-17(12-16-8-9-18(19)21-16)15-7-6-13-4-3-5-14(13)11-15/h6-9,11,17,20H,2-5,10,12H2,1H3. The fraction of sp³-hybridized carbons (Fsp3) is 0.444. The summed E-state index contributed by atoms with van der Waals surface area (Å²) in [4.78, 5) is 1.44. The van der Waals surface area contributed by atoms with Crippen molar-refractivity contribution in [3.8, 4) is 0 Å². The van der Waals surface area contributed by atoms with E-state index in [0.717, 1.165) is 13.0 Å². The van der Waals surface area contributed by atoms with Crippen LogP contribution in [0.3, 0.4) is 0 Å². The highest BCUT2D eigenvalue weighted by atomic mass is 79.9. The lowest BCUT2D eigenvalue weighted by Gasteiger charge is -2.19. The van der Waals surface area contributed by atoms with Crippen molar-refractivity contribution >= 4 is 27.3 Å². The zero-order valence-corrected chi connectivity index (χ0v) is 14.9. The smallest absolute Gasteiger partial charge is 0.0701 e. The number of thiophene rings is 1. The van der Waals surface area contributed by atoms with Gasteiger partial charge in [-0.1, -0.05) is 25.1 Å². The molecule has 0 aliphatic heterocycles. The number of aryl methyl sites for hydroxylation is 2. The molecular formula is C18H22BrNS. The Morgan fingerprint density at radius 3 is 2.81 bits per heavy atom. The van der Waals surface area contributed by atoms with Gasteiger partial charge < -0.3 is 5.32 Å². The van der Waals surface area contributed by atoms with Gasteiger partial charge in [0.05, 0.1) is 3.79 Å². The van der Waals surface area contributed by atoms with Crippen molar-refractivity contribution in [1.29, 1.82) is 0 Å². The fourth-order valence-electron chi connectivity index (χ4n) is 3.10. The third-order valence-corrected chi connectivity index (χ3v) is 5.85. The second kappa shape index (κ2) is 7.08. The van der Waals surface area contributed by atoms with Crippen molar-refractivity contribution in [2.24, 2.45) is 0 Å². The van der Waals surface area contributed by atoms with Crippen molar-refractivity contribution in [3.05, 3.63) is 55.7 Å². The average molecular weight is 364 g/mol. The highest BCUT2D eigenvalue weighted by Crippen LogP contribution is 2.30. The quantitative estimate of drug-likeness (QED) is 0.735. The van der Waals surface area contributed by atoms with Crippen LogP contribution in [0.2, 0.25) is 0 Å². The van der Waals surface area contributed by atoms with Gasteiger partial charge in [-0.15, -0.1) is 11.3 Å². The Labute approximate surface area is 139 Å². The van der Waals surface area contributed by atoms with Crippen LogP contribution in [0.4, 0.5) is 0 Å². The van der Waals surface area contributed by atoms with Gasteiger partial charge in [-0.3, -0.25) is 0 Å². The van der Waals surface area contributed by atoms with Gasteiger partial charge in [0.2, 0.25) is 0 Å². The van der Waals surface area contributed by atoms with E-state index in [0.29, 0.717) is 6.04 Å². The molecule has 0 saturated heterocycles. The summed E-state index contributed by atoms with van der Waals surface area (Å²) in [7, 11) is 0. The van der Waals surface area contributed by atoms with Crippen LogP contribution in [0.15, 0.2) is 34.1 Å². The van der Waals surface area contributed by atoms with Gasteiger partial charge in [-0.25, -0.2) is 0 Å². The van der Waals surface area contributed by atoms with E-state index in [1.165, 1.54) is 39.9 Å². The Hall–Kier alpha value is -0.640. The molecule has 0 fully saturated rings. The molecular weight excluding hydrogens is 342 g/mol. The molecule has 0 saturated carbocycles. The Morgan fingerprint density at radius 1 is 1.19 bits per heavy atom. The first-order chi connectivity index (χ1) is 10.3. The summed E-state index contributed by atoms with van der Waals surface area (Å²) in [5.74, 6) is 0. The molecule has 21 heavy (non-hydrogen) atoms. The largest absolute Gasteiger partial charge is 0.310 e. The summed E-state index contributed by atoms with van der Waals surface area (Å²) >= 11 is 5.42. The topological polar surface area (TPSA) is 12.0 Å². The molecule has 112 valence electrons. The van der Waals surface area contributed by atoms with Gasteiger partial charge in [0, 0.05) is 17.3 Å². The SMILES string of the molecule is CCCNC(Cc1ccc(Br)s1)c1ccc2c(c1)CCC2. The number of halogens is 1. The molecule has 1 aliphatic rings. The Bertz CT molecular complexity index is 605. The second-order valence-corrected chi connectivity index (χ2v) is 8.35. The van der Waals surface area contributed by atoms with Crippen LogP contribution in [0.5, 0.6) is 0 Å². The van der Waals surface area contributed by atoms with Gasteiger partial charge in [0.1, 0.15) is 0 Å². The van der Waals surface area contributed by atoms with E-state index in [1.54, 1.807) is 11.1 Å². The molecule has 0 spiro atoms. The molecule has 0 radical (unpaired) electrons. The molecule has 1 aromatic heterocycles. The highest BCUT2D eigenvalue weighted by Gasteiger charge is 2.17. The number of hydrogen-bond donors (Lipinski definition) is 1. The van der Waals surface area contributed by atoms with Gasteiger partial charge in [0.15, 0.2) is 0 Å². The summed E-state index contributed by atoms with van der Waals surface area (Å²) in [6.07, 6.45) is 6.10. The van der Waals surface area contributed by atoms with Gasteiger partial charge in [-0.05, 0) is 77.0 Å². The normalized spacial score (nSPS) is 15.1. The highest BCUT2D eigenvalue weighted by molar-refractivity contribution is 9.11. The van der Waals surface area contributed by atoms with E-state index < -0.39 is 0 Å². The zero-order chi connectivity index (χ0) is 14.7. The van der Waals surface area contributed by atoms with Crippen LogP contribution in [0, 0.1) is 0 Å². The van der Waals surface area contributed by atoms with Crippen LogP contribution in [-0.4, -0.2) is 6.54 Å². The zero-order valence-electron chi connectivity index (χ0n) is 12.5. The maximum atomic E-state index is 3.73. The summed E-state index contributed by atoms with van der Waals surface area (Å²) < 4.78 is 1.22. The van der Waals surface area contributed by atoms with Gasteiger partial charge in [-0.2, -0.15) is 0 Å². The minimum Gasteiger partial charge on any atom is -0.310 e. The number of benzene rings is 1. The summed E-state index contributed by atoms with van der Waals surface area (Å²) in [6.45, 7) is 3.31. The van der Waals surface area contributed by atoms with E-state index >= 15 is 0 Å². The molecule has 1 aliphatic carbocycles. The van der Waals surface area contributed by atoms with E-state index in [-0.39, 0.29) is 0 Å². The Balaban J connectivity index is 1.80. The number of rotatable bonds is 6. The molecule has 0 amide bonds. The van der Waals surface area contributed by atoms with Crippen molar-refractivity contribution in [2.45, 2.75) is 45.1 Å². The fourth-order valence-corrected chi connectivity index (χ4v) is 4.63. The lowest BCUT2D eigenvalue weighted by Crippen LogP contribution is -2.24. The van der Waals surface area contributed by atoms with E-state index in [4.69, 9.17) is 0 Å². The van der Waals surface area contributed by atoms with Crippen molar-refractivity contribution in [2.75, 3.05) is 6.54 Å². The molecule has 3 rings (SSSR count). The lowest BCUT2D eigenvalue weighted by molar-refractivity contribution is 0.532. The number of nitrogens with one attached hydrogen (secondary N) is 1. The van der Waals surface area contributed by atoms with Crippen LogP contribution in [-0.2, 0) is 19.3 Å². The second-order valence-electron chi connectivity index (χ2n) is 5.80. The minimum atomic E-state index is 0.432. The third kappa shape index (κ3) is 3.77.